The monoisotopic (exact) mass is 568 g/mol. The van der Waals surface area contributed by atoms with E-state index in [4.69, 9.17) is 10.5 Å². The number of nitrogens with zero attached hydrogens (tertiary/aromatic N) is 1. The molecule has 0 aliphatic heterocycles. The summed E-state index contributed by atoms with van der Waals surface area (Å²) < 4.78 is 24.1. The second-order valence-electron chi connectivity index (χ2n) is 9.15. The van der Waals surface area contributed by atoms with E-state index in [1.165, 1.54) is 11.0 Å². The summed E-state index contributed by atoms with van der Waals surface area (Å²) in [5, 5.41) is 26.1. The minimum Gasteiger partial charge on any atom is -0.465 e. The third-order valence-electron chi connectivity index (χ3n) is 6.43. The van der Waals surface area contributed by atoms with Crippen molar-refractivity contribution in [2.24, 2.45) is 5.14 Å². The molecule has 1 atom stereocenters. The zero-order valence-corrected chi connectivity index (χ0v) is 23.6. The van der Waals surface area contributed by atoms with Gasteiger partial charge in [0, 0.05) is 16.8 Å². The van der Waals surface area contributed by atoms with Gasteiger partial charge < -0.3 is 10.4 Å². The second-order valence-corrected chi connectivity index (χ2v) is 11.9. The van der Waals surface area contributed by atoms with Gasteiger partial charge in [-0.15, -0.1) is 0 Å². The molecule has 11 heteroatoms. The topological polar surface area (TPSA) is 154 Å². The van der Waals surface area contributed by atoms with Gasteiger partial charge in [-0.25, -0.2) is 18.4 Å². The van der Waals surface area contributed by atoms with E-state index in [-0.39, 0.29) is 16.0 Å². The molecule has 0 heterocycles. The van der Waals surface area contributed by atoms with E-state index in [0.717, 1.165) is 17.3 Å². The molecule has 3 aromatic rings. The summed E-state index contributed by atoms with van der Waals surface area (Å²) in [6.07, 6.45) is -0.296. The van der Waals surface area contributed by atoms with Crippen molar-refractivity contribution in [1.82, 2.24) is 5.32 Å². The van der Waals surface area contributed by atoms with Crippen molar-refractivity contribution < 1.29 is 23.1 Å². The highest BCUT2D eigenvalue weighted by molar-refractivity contribution is 8.13. The standard InChI is InChI=1S/C28H32N4O5S2/c1-4-28(3,18-19-9-8-10-21(17-19)25(29)31-26(33)38-5-2)32(27(34)35)22-15-13-20(14-16-22)23-11-6-7-12-24(23)39(30,36)37/h6-17H,4-5,18H2,1-3H3,(H,34,35)(H2,29,31,33)(H2,30,36,37). The van der Waals surface area contributed by atoms with Gasteiger partial charge in [0.1, 0.15) is 5.84 Å². The maximum atomic E-state index is 12.5. The molecule has 0 bridgehead atoms. The van der Waals surface area contributed by atoms with Crippen LogP contribution in [0, 0.1) is 5.41 Å². The highest BCUT2D eigenvalue weighted by Gasteiger charge is 2.35. The molecule has 9 nitrogen and oxygen atoms in total. The van der Waals surface area contributed by atoms with E-state index in [1.807, 2.05) is 26.8 Å². The Kier molecular flexibility index (Phi) is 9.54. The fourth-order valence-electron chi connectivity index (χ4n) is 4.38. The number of sulfonamides is 1. The SMILES string of the molecule is CCSC(=O)NC(=N)c1cccc(CC(C)(CC)N(C(=O)O)c2ccc(-c3ccccc3S(N)(=O)=O)cc2)c1. The number of carbonyl (C=O) groups excluding carboxylic acids is 1. The summed E-state index contributed by atoms with van der Waals surface area (Å²) in [6, 6.07) is 20.1. The van der Waals surface area contributed by atoms with E-state index >= 15 is 0 Å². The first-order valence-electron chi connectivity index (χ1n) is 12.3. The number of rotatable bonds is 9. The zero-order chi connectivity index (χ0) is 28.8. The van der Waals surface area contributed by atoms with Gasteiger partial charge in [-0.3, -0.25) is 15.1 Å². The lowest BCUT2D eigenvalue weighted by molar-refractivity contribution is 0.192. The van der Waals surface area contributed by atoms with Crippen molar-refractivity contribution >= 4 is 44.6 Å². The number of thioether (sulfide) groups is 1. The lowest BCUT2D eigenvalue weighted by Gasteiger charge is -2.39. The number of amidine groups is 1. The van der Waals surface area contributed by atoms with Crippen molar-refractivity contribution in [2.75, 3.05) is 10.7 Å². The molecule has 2 amide bonds. The third kappa shape index (κ3) is 7.25. The van der Waals surface area contributed by atoms with Crippen LogP contribution >= 0.6 is 11.8 Å². The van der Waals surface area contributed by atoms with Gasteiger partial charge in [0.15, 0.2) is 0 Å². The van der Waals surface area contributed by atoms with Gasteiger partial charge in [-0.2, -0.15) is 0 Å². The van der Waals surface area contributed by atoms with Gasteiger partial charge in [0.25, 0.3) is 5.24 Å². The van der Waals surface area contributed by atoms with Crippen molar-refractivity contribution in [3.63, 3.8) is 0 Å². The first-order chi connectivity index (χ1) is 18.4. The Labute approximate surface area is 233 Å². The van der Waals surface area contributed by atoms with E-state index in [1.54, 1.807) is 60.7 Å². The molecule has 206 valence electrons. The summed E-state index contributed by atoms with van der Waals surface area (Å²) in [7, 11) is -3.95. The highest BCUT2D eigenvalue weighted by atomic mass is 32.2. The van der Waals surface area contributed by atoms with Crippen LogP contribution < -0.4 is 15.4 Å². The van der Waals surface area contributed by atoms with Crippen LogP contribution in [0.3, 0.4) is 0 Å². The number of hydrogen-bond acceptors (Lipinski definition) is 6. The van der Waals surface area contributed by atoms with E-state index in [9.17, 15) is 23.1 Å². The molecule has 0 fully saturated rings. The minimum absolute atomic E-state index is 0.0128. The molecular weight excluding hydrogens is 536 g/mol. The summed E-state index contributed by atoms with van der Waals surface area (Å²) >= 11 is 1.08. The number of nitrogens with two attached hydrogens (primary N) is 1. The number of primary sulfonamides is 1. The van der Waals surface area contributed by atoms with E-state index in [0.29, 0.717) is 41.0 Å². The van der Waals surface area contributed by atoms with Crippen LogP contribution in [-0.2, 0) is 16.4 Å². The van der Waals surface area contributed by atoms with Crippen molar-refractivity contribution in [2.45, 2.75) is 44.0 Å². The van der Waals surface area contributed by atoms with Crippen LogP contribution in [-0.4, -0.2) is 42.0 Å². The summed E-state index contributed by atoms with van der Waals surface area (Å²) in [4.78, 5) is 25.7. The molecule has 1 unspecified atom stereocenters. The van der Waals surface area contributed by atoms with E-state index in [2.05, 4.69) is 5.32 Å². The smallest absolute Gasteiger partial charge is 0.412 e. The third-order valence-corrected chi connectivity index (χ3v) is 8.05. The summed E-state index contributed by atoms with van der Waals surface area (Å²) in [5.41, 5.74) is 1.92. The minimum atomic E-state index is -3.95. The fraction of sp³-hybridized carbons (Fsp3) is 0.250. The normalized spacial score (nSPS) is 12.8. The Hall–Kier alpha value is -3.67. The van der Waals surface area contributed by atoms with Crippen LogP contribution in [0.4, 0.5) is 15.3 Å². The van der Waals surface area contributed by atoms with Gasteiger partial charge in [0.05, 0.1) is 10.4 Å². The molecule has 3 rings (SSSR count). The van der Waals surface area contributed by atoms with Crippen molar-refractivity contribution in [1.29, 1.82) is 5.41 Å². The van der Waals surface area contributed by atoms with Crippen LogP contribution in [0.1, 0.15) is 38.3 Å². The Morgan fingerprint density at radius 1 is 1.05 bits per heavy atom. The molecule has 0 saturated carbocycles. The molecule has 0 aliphatic carbocycles. The van der Waals surface area contributed by atoms with Gasteiger partial charge >= 0.3 is 6.09 Å². The number of carboxylic acid groups (broad SMARTS) is 1. The van der Waals surface area contributed by atoms with Gasteiger partial charge in [-0.05, 0) is 60.9 Å². The zero-order valence-electron chi connectivity index (χ0n) is 22.0. The lowest BCUT2D eigenvalue weighted by Crippen LogP contribution is -2.51. The number of benzene rings is 3. The molecule has 39 heavy (non-hydrogen) atoms. The largest absolute Gasteiger partial charge is 0.465 e. The molecule has 0 aromatic heterocycles. The summed E-state index contributed by atoms with van der Waals surface area (Å²) in [6.45, 7) is 5.61. The maximum Gasteiger partial charge on any atom is 0.412 e. The van der Waals surface area contributed by atoms with Crippen molar-refractivity contribution in [3.05, 3.63) is 83.9 Å². The Morgan fingerprint density at radius 3 is 2.31 bits per heavy atom. The maximum absolute atomic E-state index is 12.5. The van der Waals surface area contributed by atoms with Gasteiger partial charge in [-0.1, -0.05) is 74.1 Å². The number of carbonyl (C=O) groups is 2. The number of nitrogens with one attached hydrogen (secondary N) is 2. The molecule has 0 aliphatic rings. The lowest BCUT2D eigenvalue weighted by atomic mass is 9.87. The predicted molar refractivity (Wildman–Crippen MR) is 156 cm³/mol. The first kappa shape index (κ1) is 29.9. The Bertz CT molecular complexity index is 1480. The molecule has 3 aromatic carbocycles. The molecule has 0 spiro atoms. The molecular formula is C28H32N4O5S2. The van der Waals surface area contributed by atoms with E-state index < -0.39 is 21.7 Å². The predicted octanol–water partition coefficient (Wildman–Crippen LogP) is 5.68. The fourth-order valence-corrected chi connectivity index (χ4v) is 5.57. The molecule has 0 saturated heterocycles. The molecule has 5 N–H and O–H groups in total. The Balaban J connectivity index is 1.92. The first-order valence-corrected chi connectivity index (χ1v) is 14.8. The van der Waals surface area contributed by atoms with Crippen LogP contribution in [0.15, 0.2) is 77.7 Å². The summed E-state index contributed by atoms with van der Waals surface area (Å²) in [5.74, 6) is 0.574. The molecule has 0 radical (unpaired) electrons. The van der Waals surface area contributed by atoms with Crippen LogP contribution in [0.5, 0.6) is 0 Å². The quantitative estimate of drug-likeness (QED) is 0.192. The van der Waals surface area contributed by atoms with Gasteiger partial charge in [0.2, 0.25) is 10.0 Å². The average Bonchev–Trinajstić information content (AvgIpc) is 2.88. The second kappa shape index (κ2) is 12.5. The van der Waals surface area contributed by atoms with Crippen LogP contribution in [0.2, 0.25) is 0 Å². The number of amides is 2. The highest BCUT2D eigenvalue weighted by Crippen LogP contribution is 2.33. The van der Waals surface area contributed by atoms with Crippen LogP contribution in [0.25, 0.3) is 11.1 Å². The Morgan fingerprint density at radius 2 is 1.72 bits per heavy atom. The number of anilines is 1. The average molecular weight is 569 g/mol. The van der Waals surface area contributed by atoms with Crippen molar-refractivity contribution in [3.8, 4) is 11.1 Å². The number of hydrogen-bond donors (Lipinski definition) is 4.